The zero-order valence-corrected chi connectivity index (χ0v) is 17.6. The number of carbonyl (C=O) groups excluding carboxylic acids is 2. The molecule has 0 spiro atoms. The van der Waals surface area contributed by atoms with Crippen molar-refractivity contribution in [1.29, 1.82) is 0 Å². The van der Waals surface area contributed by atoms with Crippen molar-refractivity contribution in [2.45, 2.75) is 38.5 Å². The molecule has 0 aliphatic carbocycles. The molecule has 0 fully saturated rings. The fourth-order valence-electron chi connectivity index (χ4n) is 3.03. The Labute approximate surface area is 174 Å². The van der Waals surface area contributed by atoms with E-state index in [1.807, 2.05) is 73.9 Å². The third-order valence-electron chi connectivity index (χ3n) is 4.61. The average molecular weight is 409 g/mol. The summed E-state index contributed by atoms with van der Waals surface area (Å²) in [5.74, 6) is 0.856. The Bertz CT molecular complexity index is 1000. The summed E-state index contributed by atoms with van der Waals surface area (Å²) < 4.78 is 1.94. The van der Waals surface area contributed by atoms with Crippen LogP contribution in [0.3, 0.4) is 0 Å². The minimum absolute atomic E-state index is 0.0451. The fourth-order valence-corrected chi connectivity index (χ4v) is 3.93. The van der Waals surface area contributed by atoms with Crippen molar-refractivity contribution in [3.05, 3.63) is 77.1 Å². The highest BCUT2D eigenvalue weighted by Gasteiger charge is 2.20. The first-order valence-electron chi connectivity index (χ1n) is 9.52. The van der Waals surface area contributed by atoms with Crippen LogP contribution < -0.4 is 5.32 Å². The molecule has 0 bridgehead atoms. The summed E-state index contributed by atoms with van der Waals surface area (Å²) in [6.07, 6.45) is 0. The van der Waals surface area contributed by atoms with Gasteiger partial charge in [0.2, 0.25) is 0 Å². The van der Waals surface area contributed by atoms with Crippen LogP contribution in [-0.4, -0.2) is 32.2 Å². The Balaban J connectivity index is 1.69. The van der Waals surface area contributed by atoms with E-state index in [9.17, 15) is 9.59 Å². The molecule has 0 saturated heterocycles. The van der Waals surface area contributed by atoms with Crippen molar-refractivity contribution in [3.8, 4) is 0 Å². The number of rotatable bonds is 8. The summed E-state index contributed by atoms with van der Waals surface area (Å²) in [6.45, 7) is 6.43. The molecule has 3 rings (SSSR count). The second kappa shape index (κ2) is 9.52. The fraction of sp³-hybridized carbons (Fsp3) is 0.273. The van der Waals surface area contributed by atoms with Crippen LogP contribution in [0.4, 0.5) is 0 Å². The van der Waals surface area contributed by atoms with Gasteiger partial charge in [0.1, 0.15) is 0 Å². The highest BCUT2D eigenvalue weighted by Crippen LogP contribution is 2.22. The molecule has 0 aliphatic heterocycles. The summed E-state index contributed by atoms with van der Waals surface area (Å²) in [4.78, 5) is 25.0. The molecule has 1 N–H and O–H groups in total. The maximum atomic E-state index is 12.6. The second-order valence-electron chi connectivity index (χ2n) is 6.67. The van der Waals surface area contributed by atoms with Crippen molar-refractivity contribution >= 4 is 23.5 Å². The number of nitrogens with zero attached hydrogens (tertiary/aromatic N) is 3. The molecule has 7 heteroatoms. The molecule has 1 amide bonds. The van der Waals surface area contributed by atoms with E-state index >= 15 is 0 Å². The lowest BCUT2D eigenvalue weighted by molar-refractivity contribution is 0.0936. The molecule has 1 heterocycles. The van der Waals surface area contributed by atoms with Crippen LogP contribution in [0.5, 0.6) is 0 Å². The van der Waals surface area contributed by atoms with E-state index in [4.69, 9.17) is 0 Å². The van der Waals surface area contributed by atoms with E-state index in [0.717, 1.165) is 5.56 Å². The molecule has 1 aromatic heterocycles. The average Bonchev–Trinajstić information content (AvgIpc) is 3.16. The first kappa shape index (κ1) is 20.8. The van der Waals surface area contributed by atoms with Crippen molar-refractivity contribution < 1.29 is 9.59 Å². The van der Waals surface area contributed by atoms with Gasteiger partial charge in [-0.15, -0.1) is 10.2 Å². The first-order valence-corrected chi connectivity index (χ1v) is 10.5. The van der Waals surface area contributed by atoms with Crippen molar-refractivity contribution in [2.75, 3.05) is 5.75 Å². The molecular weight excluding hydrogens is 384 g/mol. The largest absolute Gasteiger partial charge is 0.342 e. The third-order valence-corrected chi connectivity index (χ3v) is 5.58. The van der Waals surface area contributed by atoms with Crippen LogP contribution in [0.1, 0.15) is 52.0 Å². The number of amides is 1. The van der Waals surface area contributed by atoms with E-state index in [1.165, 1.54) is 11.8 Å². The normalized spacial score (nSPS) is 11.8. The van der Waals surface area contributed by atoms with Gasteiger partial charge in [-0.2, -0.15) is 0 Å². The van der Waals surface area contributed by atoms with Crippen LogP contribution in [0, 0.1) is 6.92 Å². The maximum absolute atomic E-state index is 12.6. The van der Waals surface area contributed by atoms with Gasteiger partial charge in [-0.1, -0.05) is 60.3 Å². The Morgan fingerprint density at radius 3 is 2.45 bits per heavy atom. The summed E-state index contributed by atoms with van der Waals surface area (Å²) in [5.41, 5.74) is 2.25. The summed E-state index contributed by atoms with van der Waals surface area (Å²) in [5, 5.41) is 12.2. The van der Waals surface area contributed by atoms with Gasteiger partial charge in [-0.3, -0.25) is 9.59 Å². The SMILES string of the molecule is CCn1c(SCC(=O)c2ccccc2)nnc1C(C)NC(=O)c1ccccc1C. The third kappa shape index (κ3) is 4.92. The van der Waals surface area contributed by atoms with Gasteiger partial charge in [0, 0.05) is 17.7 Å². The molecule has 0 aliphatic rings. The van der Waals surface area contributed by atoms with Gasteiger partial charge in [0.15, 0.2) is 16.8 Å². The number of thioether (sulfide) groups is 1. The summed E-state index contributed by atoms with van der Waals surface area (Å²) in [7, 11) is 0. The van der Waals surface area contributed by atoms with Gasteiger partial charge in [0.05, 0.1) is 11.8 Å². The summed E-state index contributed by atoms with van der Waals surface area (Å²) in [6, 6.07) is 16.4. The number of aromatic nitrogens is 3. The van der Waals surface area contributed by atoms with Crippen LogP contribution in [0.25, 0.3) is 0 Å². The quantitative estimate of drug-likeness (QED) is 0.449. The molecule has 150 valence electrons. The monoisotopic (exact) mass is 408 g/mol. The van der Waals surface area contributed by atoms with Gasteiger partial charge < -0.3 is 9.88 Å². The van der Waals surface area contributed by atoms with Crippen molar-refractivity contribution in [3.63, 3.8) is 0 Å². The van der Waals surface area contributed by atoms with E-state index in [0.29, 0.717) is 28.7 Å². The minimum atomic E-state index is -0.311. The van der Waals surface area contributed by atoms with Gasteiger partial charge in [-0.05, 0) is 32.4 Å². The van der Waals surface area contributed by atoms with E-state index < -0.39 is 0 Å². The smallest absolute Gasteiger partial charge is 0.252 e. The number of ketones is 1. The van der Waals surface area contributed by atoms with Gasteiger partial charge >= 0.3 is 0 Å². The minimum Gasteiger partial charge on any atom is -0.342 e. The lowest BCUT2D eigenvalue weighted by Gasteiger charge is -2.16. The lowest BCUT2D eigenvalue weighted by Crippen LogP contribution is -2.29. The molecule has 0 saturated carbocycles. The standard InChI is InChI=1S/C22H24N4O2S/c1-4-26-20(16(3)23-21(28)18-13-9-8-10-15(18)2)24-25-22(26)29-14-19(27)17-11-6-5-7-12-17/h5-13,16H,4,14H2,1-3H3,(H,23,28). The lowest BCUT2D eigenvalue weighted by atomic mass is 10.1. The van der Waals surface area contributed by atoms with Crippen LogP contribution >= 0.6 is 11.8 Å². The predicted molar refractivity (Wildman–Crippen MR) is 114 cm³/mol. The Morgan fingerprint density at radius 1 is 1.07 bits per heavy atom. The molecular formula is C22H24N4O2S. The van der Waals surface area contributed by atoms with E-state index in [-0.39, 0.29) is 23.5 Å². The van der Waals surface area contributed by atoms with Crippen LogP contribution in [-0.2, 0) is 6.54 Å². The van der Waals surface area contributed by atoms with Crippen LogP contribution in [0.2, 0.25) is 0 Å². The topological polar surface area (TPSA) is 76.9 Å². The Morgan fingerprint density at radius 2 is 1.76 bits per heavy atom. The van der Waals surface area contributed by atoms with Crippen LogP contribution in [0.15, 0.2) is 59.8 Å². The number of aryl methyl sites for hydroxylation is 1. The second-order valence-corrected chi connectivity index (χ2v) is 7.62. The van der Waals surface area contributed by atoms with Crippen molar-refractivity contribution in [1.82, 2.24) is 20.1 Å². The first-order chi connectivity index (χ1) is 14.0. The Hall–Kier alpha value is -2.93. The molecule has 2 aromatic carbocycles. The van der Waals surface area contributed by atoms with Gasteiger partial charge in [-0.25, -0.2) is 0 Å². The van der Waals surface area contributed by atoms with Crippen molar-refractivity contribution in [2.24, 2.45) is 0 Å². The van der Waals surface area contributed by atoms with E-state index in [1.54, 1.807) is 6.07 Å². The zero-order valence-electron chi connectivity index (χ0n) is 16.8. The number of benzene rings is 2. The number of nitrogens with one attached hydrogen (secondary N) is 1. The number of Topliss-reactive ketones (excluding diaryl/α,β-unsaturated/α-hetero) is 1. The molecule has 0 radical (unpaired) electrons. The number of carbonyl (C=O) groups is 2. The van der Waals surface area contributed by atoms with Gasteiger partial charge in [0.25, 0.3) is 5.91 Å². The van der Waals surface area contributed by atoms with E-state index in [2.05, 4.69) is 15.5 Å². The predicted octanol–water partition coefficient (Wildman–Crippen LogP) is 4.07. The molecule has 3 aromatic rings. The highest BCUT2D eigenvalue weighted by molar-refractivity contribution is 7.99. The maximum Gasteiger partial charge on any atom is 0.252 e. The Kier molecular flexibility index (Phi) is 6.82. The number of hydrogen-bond acceptors (Lipinski definition) is 5. The zero-order chi connectivity index (χ0) is 20.8. The summed E-state index contributed by atoms with van der Waals surface area (Å²) >= 11 is 1.36. The molecule has 29 heavy (non-hydrogen) atoms. The molecule has 1 atom stereocenters. The molecule has 1 unspecified atom stereocenters. The molecule has 6 nitrogen and oxygen atoms in total. The highest BCUT2D eigenvalue weighted by atomic mass is 32.2. The number of hydrogen-bond donors (Lipinski definition) is 1.